The van der Waals surface area contributed by atoms with E-state index in [0.29, 0.717) is 19.4 Å². The average Bonchev–Trinajstić information content (AvgIpc) is 2.79. The van der Waals surface area contributed by atoms with Crippen LogP contribution in [0.15, 0.2) is 53.0 Å². The van der Waals surface area contributed by atoms with Crippen molar-refractivity contribution in [1.29, 1.82) is 0 Å². The van der Waals surface area contributed by atoms with Gasteiger partial charge in [0.1, 0.15) is 11.6 Å². The predicted molar refractivity (Wildman–Crippen MR) is 118 cm³/mol. The SMILES string of the molecule is C/C=C(\C=C/COC)C1Sc2ccccc2C(CCC(C)O)C(=O)[C@@H]1CC(C)=O. The standard InChI is InChI=1S/C24H32O4S/c1-5-18(9-8-14-28-4)24-21(15-17(3)26)23(27)20(13-12-16(2)25)19-10-6-7-11-22(19)29-24/h5-11,16,20-21,24-25H,12-15H2,1-4H3/b9-8-,18-5+/t16?,20?,21-,24?/m0/s1. The number of allylic oxidation sites excluding steroid dienone is 2. The highest BCUT2D eigenvalue weighted by molar-refractivity contribution is 8.00. The molecule has 0 spiro atoms. The van der Waals surface area contributed by atoms with E-state index in [0.717, 1.165) is 16.0 Å². The zero-order valence-electron chi connectivity index (χ0n) is 17.8. The summed E-state index contributed by atoms with van der Waals surface area (Å²) in [6.45, 7) is 5.75. The summed E-state index contributed by atoms with van der Waals surface area (Å²) < 4.78 is 5.12. The lowest BCUT2D eigenvalue weighted by molar-refractivity contribution is -0.128. The summed E-state index contributed by atoms with van der Waals surface area (Å²) in [6, 6.07) is 8.01. The number of aliphatic hydroxyl groups is 1. The Labute approximate surface area is 178 Å². The Morgan fingerprint density at radius 1 is 1.34 bits per heavy atom. The molecule has 0 bridgehead atoms. The van der Waals surface area contributed by atoms with Crippen molar-refractivity contribution in [2.24, 2.45) is 5.92 Å². The summed E-state index contributed by atoms with van der Waals surface area (Å²) in [7, 11) is 1.64. The minimum Gasteiger partial charge on any atom is -0.393 e. The normalized spacial score (nSPS) is 23.7. The van der Waals surface area contributed by atoms with Crippen LogP contribution in [0.3, 0.4) is 0 Å². The van der Waals surface area contributed by atoms with Crippen molar-refractivity contribution < 1.29 is 19.4 Å². The van der Waals surface area contributed by atoms with Crippen LogP contribution < -0.4 is 0 Å². The molecule has 2 rings (SSSR count). The molecule has 0 aliphatic carbocycles. The van der Waals surface area contributed by atoms with Crippen LogP contribution >= 0.6 is 11.8 Å². The highest BCUT2D eigenvalue weighted by Gasteiger charge is 2.40. The Kier molecular flexibility index (Phi) is 9.34. The van der Waals surface area contributed by atoms with Crippen molar-refractivity contribution >= 4 is 23.3 Å². The second-order valence-corrected chi connectivity index (χ2v) is 8.80. The highest BCUT2D eigenvalue weighted by atomic mass is 32.2. The molecule has 4 atom stereocenters. The topological polar surface area (TPSA) is 63.6 Å². The van der Waals surface area contributed by atoms with Gasteiger partial charge in [0.25, 0.3) is 0 Å². The summed E-state index contributed by atoms with van der Waals surface area (Å²) >= 11 is 1.66. The Hall–Kier alpha value is -1.69. The highest BCUT2D eigenvalue weighted by Crippen LogP contribution is 2.46. The fourth-order valence-electron chi connectivity index (χ4n) is 3.81. The lowest BCUT2D eigenvalue weighted by atomic mass is 9.79. The summed E-state index contributed by atoms with van der Waals surface area (Å²) in [5.74, 6) is -0.584. The molecule has 1 aromatic rings. The molecule has 3 unspecified atom stereocenters. The van der Waals surface area contributed by atoms with Crippen LogP contribution in [0.4, 0.5) is 0 Å². The van der Waals surface area contributed by atoms with Crippen LogP contribution in [-0.4, -0.2) is 41.7 Å². The Morgan fingerprint density at radius 2 is 2.07 bits per heavy atom. The molecule has 4 nitrogen and oxygen atoms in total. The van der Waals surface area contributed by atoms with E-state index in [1.165, 1.54) is 0 Å². The van der Waals surface area contributed by atoms with Gasteiger partial charge in [0, 0.05) is 35.5 Å². The Balaban J connectivity index is 2.51. The van der Waals surface area contributed by atoms with Crippen molar-refractivity contribution in [3.05, 3.63) is 53.6 Å². The fraction of sp³-hybridized carbons (Fsp3) is 0.500. The number of hydrogen-bond donors (Lipinski definition) is 1. The molecule has 0 amide bonds. The van der Waals surface area contributed by atoms with Gasteiger partial charge in [-0.3, -0.25) is 4.79 Å². The second kappa shape index (κ2) is 11.5. The molecule has 0 saturated heterocycles. The van der Waals surface area contributed by atoms with E-state index in [-0.39, 0.29) is 29.2 Å². The van der Waals surface area contributed by atoms with Gasteiger partial charge in [-0.1, -0.05) is 36.4 Å². The Bertz CT molecular complexity index is 766. The first-order valence-corrected chi connectivity index (χ1v) is 11.1. The van der Waals surface area contributed by atoms with Crippen LogP contribution in [0.1, 0.15) is 51.5 Å². The van der Waals surface area contributed by atoms with Gasteiger partial charge in [-0.2, -0.15) is 0 Å². The molecule has 1 aliphatic heterocycles. The monoisotopic (exact) mass is 416 g/mol. The number of fused-ring (bicyclic) bond motifs is 1. The summed E-state index contributed by atoms with van der Waals surface area (Å²) in [5, 5.41) is 9.66. The molecule has 158 valence electrons. The molecule has 0 fully saturated rings. The molecular formula is C24H32O4S. The van der Waals surface area contributed by atoms with Crippen LogP contribution in [-0.2, 0) is 14.3 Å². The molecule has 0 saturated carbocycles. The lowest BCUT2D eigenvalue weighted by Gasteiger charge is -2.26. The van der Waals surface area contributed by atoms with E-state index in [2.05, 4.69) is 6.07 Å². The molecule has 1 aromatic carbocycles. The van der Waals surface area contributed by atoms with Gasteiger partial charge in [0.15, 0.2) is 0 Å². The number of benzene rings is 1. The van der Waals surface area contributed by atoms with Crippen molar-refractivity contribution in [1.82, 2.24) is 0 Å². The van der Waals surface area contributed by atoms with Gasteiger partial charge in [0.05, 0.1) is 12.7 Å². The minimum atomic E-state index is -0.462. The minimum absolute atomic E-state index is 0.0190. The maximum absolute atomic E-state index is 13.7. The van der Waals surface area contributed by atoms with Crippen molar-refractivity contribution in [3.63, 3.8) is 0 Å². The van der Waals surface area contributed by atoms with Crippen LogP contribution in [0.2, 0.25) is 0 Å². The first kappa shape index (κ1) is 23.6. The lowest BCUT2D eigenvalue weighted by Crippen LogP contribution is -2.31. The molecular weight excluding hydrogens is 384 g/mol. The van der Waals surface area contributed by atoms with E-state index < -0.39 is 12.0 Å². The zero-order valence-corrected chi connectivity index (χ0v) is 18.6. The quantitative estimate of drug-likeness (QED) is 0.590. The second-order valence-electron chi connectivity index (χ2n) is 7.62. The van der Waals surface area contributed by atoms with E-state index in [9.17, 15) is 14.7 Å². The maximum Gasteiger partial charge on any atom is 0.145 e. The number of rotatable bonds is 9. The molecule has 5 heteroatoms. The maximum atomic E-state index is 13.7. The van der Waals surface area contributed by atoms with E-state index in [1.54, 1.807) is 32.7 Å². The van der Waals surface area contributed by atoms with Gasteiger partial charge in [-0.15, -0.1) is 11.8 Å². The van der Waals surface area contributed by atoms with Gasteiger partial charge < -0.3 is 14.6 Å². The van der Waals surface area contributed by atoms with Gasteiger partial charge in [0.2, 0.25) is 0 Å². The van der Waals surface area contributed by atoms with Gasteiger partial charge in [-0.25, -0.2) is 0 Å². The molecule has 0 aromatic heterocycles. The smallest absolute Gasteiger partial charge is 0.145 e. The molecule has 0 radical (unpaired) electrons. The predicted octanol–water partition coefficient (Wildman–Crippen LogP) is 4.72. The first-order chi connectivity index (χ1) is 13.9. The number of hydrogen-bond acceptors (Lipinski definition) is 5. The third-order valence-electron chi connectivity index (χ3n) is 5.24. The number of ketones is 2. The summed E-state index contributed by atoms with van der Waals surface area (Å²) in [6.07, 6.45) is 6.86. The van der Waals surface area contributed by atoms with Gasteiger partial charge in [-0.05, 0) is 50.8 Å². The molecule has 1 aliphatic rings. The Morgan fingerprint density at radius 3 is 2.69 bits per heavy atom. The number of aliphatic hydroxyl groups excluding tert-OH is 1. The van der Waals surface area contributed by atoms with E-state index >= 15 is 0 Å². The number of methoxy groups -OCH3 is 1. The number of Topliss-reactive ketones (excluding diaryl/α,β-unsaturated/α-hetero) is 2. The summed E-state index contributed by atoms with van der Waals surface area (Å²) in [5.41, 5.74) is 2.04. The largest absolute Gasteiger partial charge is 0.393 e. The molecule has 1 heterocycles. The van der Waals surface area contributed by atoms with E-state index in [1.807, 2.05) is 43.4 Å². The average molecular weight is 417 g/mol. The summed E-state index contributed by atoms with van der Waals surface area (Å²) in [4.78, 5) is 26.8. The van der Waals surface area contributed by atoms with Crippen molar-refractivity contribution in [2.45, 2.75) is 62.2 Å². The number of thioether (sulfide) groups is 1. The van der Waals surface area contributed by atoms with Crippen molar-refractivity contribution in [2.75, 3.05) is 13.7 Å². The van der Waals surface area contributed by atoms with Gasteiger partial charge >= 0.3 is 0 Å². The third kappa shape index (κ3) is 6.39. The first-order valence-electron chi connectivity index (χ1n) is 10.2. The number of carbonyl (C=O) groups excluding carboxylic acids is 2. The molecule has 1 N–H and O–H groups in total. The van der Waals surface area contributed by atoms with Crippen molar-refractivity contribution in [3.8, 4) is 0 Å². The number of carbonyl (C=O) groups is 2. The molecule has 29 heavy (non-hydrogen) atoms. The van der Waals surface area contributed by atoms with Crippen LogP contribution in [0.5, 0.6) is 0 Å². The van der Waals surface area contributed by atoms with Crippen LogP contribution in [0, 0.1) is 5.92 Å². The number of ether oxygens (including phenoxy) is 1. The zero-order chi connectivity index (χ0) is 21.4. The van der Waals surface area contributed by atoms with E-state index in [4.69, 9.17) is 4.74 Å². The third-order valence-corrected chi connectivity index (χ3v) is 6.72. The van der Waals surface area contributed by atoms with Crippen LogP contribution in [0.25, 0.3) is 0 Å². The fourth-order valence-corrected chi connectivity index (χ4v) is 5.34.